The van der Waals surface area contributed by atoms with E-state index in [1.54, 1.807) is 0 Å². The molecule has 0 fully saturated rings. The average molecular weight is 252 g/mol. The van der Waals surface area contributed by atoms with Crippen molar-refractivity contribution in [3.8, 4) is 0 Å². The standard InChI is InChI=1S/C13H11F3N2/c14-10-1-2-13(18-8-10)17-4-3-9-5-11(15)7-12(16)6-9/h1-2,5-8H,3-4H2,(H,17,18). The summed E-state index contributed by atoms with van der Waals surface area (Å²) < 4.78 is 38.4. The third kappa shape index (κ3) is 3.48. The van der Waals surface area contributed by atoms with Crippen LogP contribution < -0.4 is 5.32 Å². The molecule has 0 unspecified atom stereocenters. The monoisotopic (exact) mass is 252 g/mol. The van der Waals surface area contributed by atoms with Crippen molar-refractivity contribution in [3.05, 3.63) is 59.5 Å². The molecule has 0 atom stereocenters. The highest BCUT2D eigenvalue weighted by Crippen LogP contribution is 2.09. The Labute approximate surface area is 102 Å². The first-order chi connectivity index (χ1) is 8.63. The van der Waals surface area contributed by atoms with E-state index in [0.29, 0.717) is 24.3 Å². The van der Waals surface area contributed by atoms with E-state index in [2.05, 4.69) is 10.3 Å². The fraction of sp³-hybridized carbons (Fsp3) is 0.154. The summed E-state index contributed by atoms with van der Waals surface area (Å²) in [6, 6.07) is 6.18. The van der Waals surface area contributed by atoms with Crippen LogP contribution in [0.2, 0.25) is 0 Å². The van der Waals surface area contributed by atoms with Crippen LogP contribution in [-0.2, 0) is 6.42 Å². The molecular formula is C13H11F3N2. The molecule has 0 radical (unpaired) electrons. The van der Waals surface area contributed by atoms with Gasteiger partial charge in [0.05, 0.1) is 6.20 Å². The number of hydrogen-bond acceptors (Lipinski definition) is 2. The quantitative estimate of drug-likeness (QED) is 0.904. The summed E-state index contributed by atoms with van der Waals surface area (Å²) in [5, 5.41) is 2.94. The highest BCUT2D eigenvalue weighted by atomic mass is 19.1. The third-order valence-corrected chi connectivity index (χ3v) is 2.37. The molecular weight excluding hydrogens is 241 g/mol. The summed E-state index contributed by atoms with van der Waals surface area (Å²) in [6.07, 6.45) is 1.55. The Kier molecular flexibility index (Phi) is 3.82. The molecule has 0 spiro atoms. The number of hydrogen-bond donors (Lipinski definition) is 1. The van der Waals surface area contributed by atoms with Crippen LogP contribution in [0.15, 0.2) is 36.5 Å². The van der Waals surface area contributed by atoms with Gasteiger partial charge in [0.2, 0.25) is 0 Å². The van der Waals surface area contributed by atoms with Gasteiger partial charge in [0.25, 0.3) is 0 Å². The maximum Gasteiger partial charge on any atom is 0.141 e. The van der Waals surface area contributed by atoms with Gasteiger partial charge < -0.3 is 5.32 Å². The van der Waals surface area contributed by atoms with Gasteiger partial charge in [-0.05, 0) is 36.2 Å². The molecule has 1 aromatic carbocycles. The van der Waals surface area contributed by atoms with E-state index >= 15 is 0 Å². The number of nitrogens with zero attached hydrogens (tertiary/aromatic N) is 1. The van der Waals surface area contributed by atoms with E-state index in [1.165, 1.54) is 24.3 Å². The van der Waals surface area contributed by atoms with Crippen molar-refractivity contribution in [1.82, 2.24) is 4.98 Å². The van der Waals surface area contributed by atoms with Crippen molar-refractivity contribution in [2.45, 2.75) is 6.42 Å². The fourth-order valence-electron chi connectivity index (χ4n) is 1.57. The average Bonchev–Trinajstić information content (AvgIpc) is 2.30. The smallest absolute Gasteiger partial charge is 0.141 e. The van der Waals surface area contributed by atoms with Crippen LogP contribution in [0, 0.1) is 17.5 Å². The van der Waals surface area contributed by atoms with Crippen molar-refractivity contribution < 1.29 is 13.2 Å². The Morgan fingerprint density at radius 1 is 0.944 bits per heavy atom. The molecule has 1 heterocycles. The summed E-state index contributed by atoms with van der Waals surface area (Å²) in [5.41, 5.74) is 0.558. The molecule has 0 bridgehead atoms. The van der Waals surface area contributed by atoms with Crippen molar-refractivity contribution >= 4 is 5.82 Å². The molecule has 0 aliphatic carbocycles. The van der Waals surface area contributed by atoms with E-state index in [4.69, 9.17) is 0 Å². The van der Waals surface area contributed by atoms with Gasteiger partial charge in [-0.1, -0.05) is 0 Å². The maximum atomic E-state index is 12.9. The lowest BCUT2D eigenvalue weighted by atomic mass is 10.1. The molecule has 2 nitrogen and oxygen atoms in total. The minimum absolute atomic E-state index is 0.409. The molecule has 0 saturated carbocycles. The van der Waals surface area contributed by atoms with Crippen LogP contribution in [-0.4, -0.2) is 11.5 Å². The summed E-state index contributed by atoms with van der Waals surface area (Å²) >= 11 is 0. The van der Waals surface area contributed by atoms with E-state index in [0.717, 1.165) is 12.3 Å². The number of halogens is 3. The van der Waals surface area contributed by atoms with Crippen LogP contribution in [0.3, 0.4) is 0 Å². The summed E-state index contributed by atoms with van der Waals surface area (Å²) in [5.74, 6) is -1.07. The molecule has 18 heavy (non-hydrogen) atoms. The summed E-state index contributed by atoms with van der Waals surface area (Å²) in [6.45, 7) is 0.460. The second kappa shape index (κ2) is 5.53. The number of benzene rings is 1. The molecule has 0 aliphatic heterocycles. The lowest BCUT2D eigenvalue weighted by Crippen LogP contribution is -2.06. The summed E-state index contributed by atoms with van der Waals surface area (Å²) in [7, 11) is 0. The largest absolute Gasteiger partial charge is 0.370 e. The zero-order valence-electron chi connectivity index (χ0n) is 9.46. The van der Waals surface area contributed by atoms with Gasteiger partial charge in [-0.25, -0.2) is 18.2 Å². The molecule has 2 rings (SSSR count). The predicted octanol–water partition coefficient (Wildman–Crippen LogP) is 3.15. The van der Waals surface area contributed by atoms with Gasteiger partial charge in [0.15, 0.2) is 0 Å². The molecule has 94 valence electrons. The number of nitrogens with one attached hydrogen (secondary N) is 1. The van der Waals surface area contributed by atoms with Crippen molar-refractivity contribution in [3.63, 3.8) is 0 Å². The predicted molar refractivity (Wildman–Crippen MR) is 62.7 cm³/mol. The van der Waals surface area contributed by atoms with Crippen LogP contribution in [0.4, 0.5) is 19.0 Å². The molecule has 1 aromatic heterocycles. The van der Waals surface area contributed by atoms with Gasteiger partial charge in [-0.3, -0.25) is 0 Å². The van der Waals surface area contributed by atoms with Crippen molar-refractivity contribution in [1.29, 1.82) is 0 Å². The first-order valence-corrected chi connectivity index (χ1v) is 5.44. The lowest BCUT2D eigenvalue weighted by molar-refractivity contribution is 0.580. The lowest BCUT2D eigenvalue weighted by Gasteiger charge is -2.05. The van der Waals surface area contributed by atoms with E-state index in [1.807, 2.05) is 0 Å². The minimum Gasteiger partial charge on any atom is -0.370 e. The topological polar surface area (TPSA) is 24.9 Å². The molecule has 5 heteroatoms. The van der Waals surface area contributed by atoms with Crippen LogP contribution in [0.5, 0.6) is 0 Å². The van der Waals surface area contributed by atoms with Gasteiger partial charge in [0.1, 0.15) is 23.3 Å². The number of anilines is 1. The maximum absolute atomic E-state index is 12.9. The van der Waals surface area contributed by atoms with E-state index in [9.17, 15) is 13.2 Å². The molecule has 0 aliphatic rings. The first kappa shape index (κ1) is 12.4. The highest BCUT2D eigenvalue weighted by molar-refractivity contribution is 5.33. The number of aromatic nitrogens is 1. The molecule has 0 amide bonds. The molecule has 1 N–H and O–H groups in total. The highest BCUT2D eigenvalue weighted by Gasteiger charge is 2.01. The SMILES string of the molecule is Fc1ccc(NCCc2cc(F)cc(F)c2)nc1. The molecule has 0 saturated heterocycles. The zero-order valence-corrected chi connectivity index (χ0v) is 9.46. The third-order valence-electron chi connectivity index (χ3n) is 2.37. The van der Waals surface area contributed by atoms with E-state index in [-0.39, 0.29) is 0 Å². The Morgan fingerprint density at radius 2 is 1.67 bits per heavy atom. The van der Waals surface area contributed by atoms with Gasteiger partial charge in [0, 0.05) is 12.6 Å². The second-order valence-corrected chi connectivity index (χ2v) is 3.82. The Bertz CT molecular complexity index is 506. The van der Waals surface area contributed by atoms with Crippen LogP contribution in [0.25, 0.3) is 0 Å². The number of rotatable bonds is 4. The van der Waals surface area contributed by atoms with Gasteiger partial charge in [-0.15, -0.1) is 0 Å². The Hall–Kier alpha value is -2.04. The van der Waals surface area contributed by atoms with Gasteiger partial charge >= 0.3 is 0 Å². The van der Waals surface area contributed by atoms with E-state index < -0.39 is 17.5 Å². The normalized spacial score (nSPS) is 10.4. The fourth-order valence-corrected chi connectivity index (χ4v) is 1.57. The second-order valence-electron chi connectivity index (χ2n) is 3.82. The van der Waals surface area contributed by atoms with Crippen molar-refractivity contribution in [2.24, 2.45) is 0 Å². The number of pyridine rings is 1. The Balaban J connectivity index is 1.90. The zero-order chi connectivity index (χ0) is 13.0. The molecule has 2 aromatic rings. The van der Waals surface area contributed by atoms with Crippen LogP contribution >= 0.6 is 0 Å². The summed E-state index contributed by atoms with van der Waals surface area (Å²) in [4.78, 5) is 3.81. The van der Waals surface area contributed by atoms with Crippen molar-refractivity contribution in [2.75, 3.05) is 11.9 Å². The van der Waals surface area contributed by atoms with Gasteiger partial charge in [-0.2, -0.15) is 0 Å². The first-order valence-electron chi connectivity index (χ1n) is 5.44. The Morgan fingerprint density at radius 3 is 2.28 bits per heavy atom. The minimum atomic E-state index is -0.593. The van der Waals surface area contributed by atoms with Crippen LogP contribution in [0.1, 0.15) is 5.56 Å².